The molecule has 15 heteroatoms. The molecule has 4 rings (SSSR count). The molecule has 2 aromatic carbocycles. The van der Waals surface area contributed by atoms with E-state index in [0.29, 0.717) is 58.0 Å². The molecule has 4 aromatic rings. The van der Waals surface area contributed by atoms with E-state index >= 15 is 0 Å². The predicted octanol–water partition coefficient (Wildman–Crippen LogP) is 7.13. The van der Waals surface area contributed by atoms with Crippen molar-refractivity contribution in [3.05, 3.63) is 104 Å². The lowest BCUT2D eigenvalue weighted by Crippen LogP contribution is -2.52. The van der Waals surface area contributed by atoms with E-state index in [0.717, 1.165) is 26.7 Å². The van der Waals surface area contributed by atoms with Gasteiger partial charge in [0.15, 0.2) is 0 Å². The Kier molecular flexibility index (Phi) is 19.0. The van der Waals surface area contributed by atoms with Crippen LogP contribution >= 0.6 is 22.7 Å². The molecule has 0 bridgehead atoms. The van der Waals surface area contributed by atoms with Crippen molar-refractivity contribution in [1.29, 1.82) is 0 Å². The molecule has 0 spiro atoms. The van der Waals surface area contributed by atoms with Crippen LogP contribution < -0.4 is 21.3 Å². The minimum absolute atomic E-state index is 0.183. The van der Waals surface area contributed by atoms with E-state index in [-0.39, 0.29) is 36.5 Å². The molecule has 0 saturated carbocycles. The Bertz CT molecular complexity index is 1790. The van der Waals surface area contributed by atoms with Crippen molar-refractivity contribution in [2.24, 2.45) is 0 Å². The molecule has 5 N–H and O–H groups in total. The summed E-state index contributed by atoms with van der Waals surface area (Å²) in [6.45, 7) is 10.5. The van der Waals surface area contributed by atoms with Gasteiger partial charge in [0.25, 0.3) is 0 Å². The summed E-state index contributed by atoms with van der Waals surface area (Å²) >= 11 is 3.03. The second-order valence-electron chi connectivity index (χ2n) is 15.8. The SMILES string of the molecule is CC(C)c1nc(CN(C)C(=O)NC(CCCCNC(=O)OC(C)(C)C)C(=O)NC(CCC(Cc2ccccc2)NC(O)OCc2cncs2)Cc2ccccc2)cs1. The average Bonchev–Trinajstić information content (AvgIpc) is 3.88. The zero-order valence-electron chi connectivity index (χ0n) is 34.6. The van der Waals surface area contributed by atoms with Crippen LogP contribution in [0.4, 0.5) is 9.59 Å². The predicted molar refractivity (Wildman–Crippen MR) is 229 cm³/mol. The van der Waals surface area contributed by atoms with Crippen LogP contribution in [0.3, 0.4) is 0 Å². The van der Waals surface area contributed by atoms with Crippen LogP contribution in [0.2, 0.25) is 0 Å². The normalized spacial score (nSPS) is 13.7. The molecular formula is C43H61N7O6S2. The summed E-state index contributed by atoms with van der Waals surface area (Å²) in [6, 6.07) is 18.3. The Morgan fingerprint density at radius 1 is 0.879 bits per heavy atom. The molecule has 4 atom stereocenters. The Morgan fingerprint density at radius 3 is 2.14 bits per heavy atom. The van der Waals surface area contributed by atoms with E-state index in [4.69, 9.17) is 9.47 Å². The Hall–Kier alpha value is -4.41. The third kappa shape index (κ3) is 17.6. The van der Waals surface area contributed by atoms with Crippen molar-refractivity contribution in [3.63, 3.8) is 0 Å². The lowest BCUT2D eigenvalue weighted by molar-refractivity contribution is -0.134. The first-order chi connectivity index (χ1) is 27.7. The van der Waals surface area contributed by atoms with Crippen molar-refractivity contribution in [2.45, 2.75) is 129 Å². The highest BCUT2D eigenvalue weighted by Crippen LogP contribution is 2.20. The number of ether oxygens (including phenoxy) is 2. The average molecular weight is 836 g/mol. The molecule has 0 aliphatic rings. The van der Waals surface area contributed by atoms with Gasteiger partial charge in [-0.15, -0.1) is 22.7 Å². The Morgan fingerprint density at radius 2 is 1.53 bits per heavy atom. The number of nitrogens with zero attached hydrogens (tertiary/aromatic N) is 3. The molecule has 4 amide bonds. The maximum absolute atomic E-state index is 14.3. The van der Waals surface area contributed by atoms with Gasteiger partial charge in [0.2, 0.25) is 12.3 Å². The third-order valence-corrected chi connectivity index (χ3v) is 11.1. The fourth-order valence-electron chi connectivity index (χ4n) is 6.18. The maximum Gasteiger partial charge on any atom is 0.407 e. The topological polar surface area (TPSA) is 167 Å². The smallest absolute Gasteiger partial charge is 0.407 e. The van der Waals surface area contributed by atoms with E-state index < -0.39 is 24.2 Å². The molecule has 0 aliphatic carbocycles. The summed E-state index contributed by atoms with van der Waals surface area (Å²) in [5.74, 6) is -0.00407. The largest absolute Gasteiger partial charge is 0.444 e. The van der Waals surface area contributed by atoms with Crippen LogP contribution in [0.15, 0.2) is 77.8 Å². The van der Waals surface area contributed by atoms with E-state index in [9.17, 15) is 19.5 Å². The third-order valence-electron chi connectivity index (χ3n) is 9.12. The van der Waals surface area contributed by atoms with Gasteiger partial charge in [-0.1, -0.05) is 74.5 Å². The van der Waals surface area contributed by atoms with E-state index in [1.54, 1.807) is 30.1 Å². The van der Waals surface area contributed by atoms with Gasteiger partial charge in [0.1, 0.15) is 11.6 Å². The number of hydrogen-bond acceptors (Lipinski definition) is 11. The number of aliphatic hydroxyl groups is 1. The molecule has 13 nitrogen and oxygen atoms in total. The zero-order chi connectivity index (χ0) is 41.9. The second-order valence-corrected chi connectivity index (χ2v) is 17.6. The number of aromatic nitrogens is 2. The standard InChI is InChI=1S/C43H61N7O6S2/c1-30(2)39-47-35(28-57-39)26-50(6)40(52)49-37(19-13-14-22-45-41(53)56-43(3,4)5)38(51)46-33(23-31-15-9-7-10-16-31)20-21-34(24-32-17-11-8-12-18-32)48-42(54)55-27-36-25-44-29-58-36/h7-12,15-18,25,28-30,33-34,37,42,48,54H,13-14,19-24,26-27H2,1-6H3,(H,45,53)(H,46,51)(H,49,52). The number of aliphatic hydroxyl groups excluding tert-OH is 1. The first-order valence-electron chi connectivity index (χ1n) is 20.0. The second kappa shape index (κ2) is 23.9. The highest BCUT2D eigenvalue weighted by molar-refractivity contribution is 7.09. The van der Waals surface area contributed by atoms with Crippen LogP contribution in [-0.4, -0.2) is 81.7 Å². The van der Waals surface area contributed by atoms with Crippen LogP contribution in [0.1, 0.15) is 99.3 Å². The molecule has 0 radical (unpaired) electrons. The molecule has 58 heavy (non-hydrogen) atoms. The summed E-state index contributed by atoms with van der Waals surface area (Å²) in [6.07, 6.45) is 3.90. The fourth-order valence-corrected chi connectivity index (χ4v) is 7.52. The summed E-state index contributed by atoms with van der Waals surface area (Å²) < 4.78 is 11.1. The van der Waals surface area contributed by atoms with E-state index in [2.05, 4.69) is 45.1 Å². The minimum Gasteiger partial charge on any atom is -0.444 e. The van der Waals surface area contributed by atoms with Crippen LogP contribution in [0.25, 0.3) is 0 Å². The first kappa shape index (κ1) is 46.3. The number of benzene rings is 2. The molecule has 2 aromatic heterocycles. The highest BCUT2D eigenvalue weighted by Gasteiger charge is 2.26. The molecular weight excluding hydrogens is 775 g/mol. The van der Waals surface area contributed by atoms with Crippen molar-refractivity contribution in [3.8, 4) is 0 Å². The van der Waals surface area contributed by atoms with Gasteiger partial charge < -0.3 is 35.4 Å². The molecule has 316 valence electrons. The van der Waals surface area contributed by atoms with Gasteiger partial charge in [0.05, 0.1) is 34.2 Å². The number of nitrogens with one attached hydrogen (secondary N) is 4. The summed E-state index contributed by atoms with van der Waals surface area (Å²) in [5, 5.41) is 26.1. The fraction of sp³-hybridized carbons (Fsp3) is 0.512. The minimum atomic E-state index is -1.21. The van der Waals surface area contributed by atoms with Crippen LogP contribution in [0.5, 0.6) is 0 Å². The number of carbonyl (C=O) groups is 3. The van der Waals surface area contributed by atoms with Crippen LogP contribution in [-0.2, 0) is 40.3 Å². The lowest BCUT2D eigenvalue weighted by Gasteiger charge is -2.28. The molecule has 4 unspecified atom stereocenters. The Labute approximate surface area is 351 Å². The monoisotopic (exact) mass is 835 g/mol. The number of amides is 4. The van der Waals surface area contributed by atoms with Gasteiger partial charge in [-0.2, -0.15) is 0 Å². The van der Waals surface area contributed by atoms with E-state index in [1.807, 2.05) is 86.8 Å². The zero-order valence-corrected chi connectivity index (χ0v) is 36.2. The number of urea groups is 1. The molecule has 0 saturated heterocycles. The van der Waals surface area contributed by atoms with Gasteiger partial charge in [-0.05, 0) is 76.8 Å². The maximum atomic E-state index is 14.3. The number of alkyl carbamates (subject to hydrolysis) is 1. The number of unbranched alkanes of at least 4 members (excludes halogenated alkanes) is 1. The summed E-state index contributed by atoms with van der Waals surface area (Å²) in [4.78, 5) is 51.3. The summed E-state index contributed by atoms with van der Waals surface area (Å²) in [5.41, 5.74) is 4.07. The lowest BCUT2D eigenvalue weighted by atomic mass is 9.95. The number of thiazole rings is 2. The van der Waals surface area contributed by atoms with Crippen molar-refractivity contribution in [2.75, 3.05) is 13.6 Å². The number of hydrogen-bond donors (Lipinski definition) is 5. The van der Waals surface area contributed by atoms with Gasteiger partial charge in [-0.3, -0.25) is 15.1 Å². The highest BCUT2D eigenvalue weighted by atomic mass is 32.1. The molecule has 2 heterocycles. The quantitative estimate of drug-likeness (QED) is 0.0386. The number of rotatable bonds is 23. The molecule has 0 aliphatic heterocycles. The Balaban J connectivity index is 1.46. The van der Waals surface area contributed by atoms with Crippen molar-refractivity contribution < 1.29 is 29.0 Å². The van der Waals surface area contributed by atoms with Gasteiger partial charge >= 0.3 is 12.1 Å². The molecule has 0 fully saturated rings. The summed E-state index contributed by atoms with van der Waals surface area (Å²) in [7, 11) is 1.69. The van der Waals surface area contributed by atoms with Crippen LogP contribution in [0, 0.1) is 0 Å². The van der Waals surface area contributed by atoms with Gasteiger partial charge in [-0.25, -0.2) is 14.6 Å². The van der Waals surface area contributed by atoms with Crippen molar-refractivity contribution >= 4 is 40.7 Å². The van der Waals surface area contributed by atoms with E-state index in [1.165, 1.54) is 16.2 Å². The number of carbonyl (C=O) groups excluding carboxylic acids is 3. The first-order valence-corrected chi connectivity index (χ1v) is 21.7. The van der Waals surface area contributed by atoms with Gasteiger partial charge in [0, 0.05) is 43.2 Å². The van der Waals surface area contributed by atoms with Crippen molar-refractivity contribution in [1.82, 2.24) is 36.1 Å².